The van der Waals surface area contributed by atoms with Crippen LogP contribution in [-0.4, -0.2) is 78.9 Å². The maximum Gasteiger partial charge on any atom is 0.313 e. The molecule has 1 fully saturated rings. The Bertz CT molecular complexity index is 971. The number of ether oxygens (including phenoxy) is 5. The highest BCUT2D eigenvalue weighted by Crippen LogP contribution is 2.33. The molecule has 0 unspecified atom stereocenters. The summed E-state index contributed by atoms with van der Waals surface area (Å²) in [6.07, 6.45) is -6.45. The average Bonchev–Trinajstić information content (AvgIpc) is 2.76. The van der Waals surface area contributed by atoms with Crippen molar-refractivity contribution in [1.29, 1.82) is 0 Å². The molecule has 192 valence electrons. The lowest BCUT2D eigenvalue weighted by Crippen LogP contribution is -2.75. The fourth-order valence-corrected chi connectivity index (χ4v) is 3.37. The highest BCUT2D eigenvalue weighted by atomic mass is 35.5. The van der Waals surface area contributed by atoms with E-state index in [2.05, 4.69) is 5.32 Å². The molecule has 0 aliphatic carbocycles. The van der Waals surface area contributed by atoms with Gasteiger partial charge in [0.1, 0.15) is 12.7 Å². The molecule has 0 aromatic heterocycles. The van der Waals surface area contributed by atoms with Gasteiger partial charge in [-0.2, -0.15) is 0 Å². The summed E-state index contributed by atoms with van der Waals surface area (Å²) >= 11 is 5.79. The Morgan fingerprint density at radius 2 is 1.60 bits per heavy atom. The second-order valence-electron chi connectivity index (χ2n) is 7.39. The van der Waals surface area contributed by atoms with Gasteiger partial charge in [0.05, 0.1) is 0 Å². The van der Waals surface area contributed by atoms with Gasteiger partial charge in [-0.1, -0.05) is 11.6 Å². The Morgan fingerprint density at radius 1 is 1.00 bits per heavy atom. The van der Waals surface area contributed by atoms with E-state index < -0.39 is 66.7 Å². The van der Waals surface area contributed by atoms with Crippen molar-refractivity contribution < 1.29 is 52.8 Å². The topological polar surface area (TPSA) is 176 Å². The third-order valence-corrected chi connectivity index (χ3v) is 4.89. The van der Waals surface area contributed by atoms with Gasteiger partial charge < -0.3 is 39.4 Å². The van der Waals surface area contributed by atoms with Crippen molar-refractivity contribution in [3.8, 4) is 0 Å². The summed E-state index contributed by atoms with van der Waals surface area (Å²) in [5.74, 6) is -5.07. The third kappa shape index (κ3) is 7.36. The highest BCUT2D eigenvalue weighted by molar-refractivity contribution is 6.39. The first-order chi connectivity index (χ1) is 16.4. The van der Waals surface area contributed by atoms with Gasteiger partial charge >= 0.3 is 29.7 Å². The molecule has 0 spiro atoms. The van der Waals surface area contributed by atoms with E-state index in [4.69, 9.17) is 35.3 Å². The summed E-state index contributed by atoms with van der Waals surface area (Å²) in [6, 6.07) is 5.81. The number of carbonyl (C=O) groups is 5. The molecule has 1 aromatic carbocycles. The van der Waals surface area contributed by atoms with Gasteiger partial charge in [-0.05, 0) is 24.3 Å². The molecule has 1 heterocycles. The first-order valence-electron chi connectivity index (χ1n) is 10.1. The fraction of sp³-hybridized carbons (Fsp3) is 0.476. The minimum atomic E-state index is -2.72. The smallest absolute Gasteiger partial charge is 0.313 e. The van der Waals surface area contributed by atoms with E-state index in [0.29, 0.717) is 5.02 Å². The minimum absolute atomic E-state index is 0.223. The number of hydrogen-bond acceptors (Lipinski definition) is 11. The monoisotopic (exact) mass is 516 g/mol. The number of nitrogens with one attached hydrogen (secondary N) is 2. The van der Waals surface area contributed by atoms with Crippen LogP contribution in [0.25, 0.3) is 0 Å². The molecule has 3 N–H and O–H groups in total. The molecule has 0 radical (unpaired) electrons. The van der Waals surface area contributed by atoms with Gasteiger partial charge in [0, 0.05) is 38.6 Å². The molecule has 1 saturated heterocycles. The molecule has 1 aliphatic heterocycles. The molecule has 35 heavy (non-hydrogen) atoms. The number of benzene rings is 1. The summed E-state index contributed by atoms with van der Waals surface area (Å²) < 4.78 is 25.9. The van der Waals surface area contributed by atoms with Gasteiger partial charge in [0.15, 0.2) is 12.2 Å². The van der Waals surface area contributed by atoms with Crippen LogP contribution < -0.4 is 10.6 Å². The molecule has 14 heteroatoms. The number of aliphatic hydroxyl groups is 1. The van der Waals surface area contributed by atoms with Crippen LogP contribution in [0.2, 0.25) is 5.02 Å². The Morgan fingerprint density at radius 3 is 2.11 bits per heavy atom. The van der Waals surface area contributed by atoms with E-state index in [-0.39, 0.29) is 5.69 Å². The third-order valence-electron chi connectivity index (χ3n) is 4.64. The molecule has 13 nitrogen and oxygen atoms in total. The largest absolute Gasteiger partial charge is 0.463 e. The van der Waals surface area contributed by atoms with Gasteiger partial charge in [0.25, 0.3) is 0 Å². The Labute approximate surface area is 204 Å². The predicted molar refractivity (Wildman–Crippen MR) is 117 cm³/mol. The second-order valence-corrected chi connectivity index (χ2v) is 7.83. The van der Waals surface area contributed by atoms with Crippen LogP contribution in [0.15, 0.2) is 24.3 Å². The number of hydrogen-bond donors (Lipinski definition) is 3. The zero-order chi connectivity index (χ0) is 26.3. The number of halogens is 1. The molecule has 2 amide bonds. The summed E-state index contributed by atoms with van der Waals surface area (Å²) in [6.45, 7) is 2.68. The maximum absolute atomic E-state index is 12.7. The molecular formula is C21H25ClN2O11. The normalized spacial score (nSPS) is 25.7. The zero-order valence-electron chi connectivity index (χ0n) is 19.2. The van der Waals surface area contributed by atoms with Crippen molar-refractivity contribution in [1.82, 2.24) is 5.32 Å². The number of rotatable bonds is 7. The van der Waals surface area contributed by atoms with Crippen LogP contribution >= 0.6 is 11.6 Å². The maximum atomic E-state index is 12.7. The van der Waals surface area contributed by atoms with Crippen molar-refractivity contribution in [3.63, 3.8) is 0 Å². The number of methoxy groups -OCH3 is 1. The van der Waals surface area contributed by atoms with Crippen molar-refractivity contribution >= 4 is 47.0 Å². The SMILES string of the molecule is CO[C@H]1O[C@H](COC(C)=O)[C@@H](OC(C)=O)[C@H](OC(C)=O)[C@@]1(O)NC(=O)C(=O)Nc1ccc(Cl)cc1. The summed E-state index contributed by atoms with van der Waals surface area (Å²) in [4.78, 5) is 60.0. The summed E-state index contributed by atoms with van der Waals surface area (Å²) in [5.41, 5.74) is -2.50. The zero-order valence-corrected chi connectivity index (χ0v) is 20.0. The lowest BCUT2D eigenvalue weighted by atomic mass is 9.92. The second kappa shape index (κ2) is 11.9. The standard InChI is InChI=1S/C21H25ClN2O11/c1-10(25)32-9-15-16(33-11(2)26)17(34-12(3)27)21(30,20(31-4)35-15)24-19(29)18(28)23-14-7-5-13(22)6-8-14/h5-8,15-17,20,30H,9H2,1-4H3,(H,23,28)(H,24,29)/t15-,16-,17+,20+,21+/m1/s1. The minimum Gasteiger partial charge on any atom is -0.463 e. The van der Waals surface area contributed by atoms with Crippen molar-refractivity contribution in [3.05, 3.63) is 29.3 Å². The van der Waals surface area contributed by atoms with Crippen LogP contribution in [0.4, 0.5) is 5.69 Å². The molecule has 0 bridgehead atoms. The van der Waals surface area contributed by atoms with Crippen LogP contribution in [0.5, 0.6) is 0 Å². The van der Waals surface area contributed by atoms with E-state index in [1.165, 1.54) is 24.3 Å². The van der Waals surface area contributed by atoms with Crippen molar-refractivity contribution in [2.75, 3.05) is 19.0 Å². The van der Waals surface area contributed by atoms with E-state index in [0.717, 1.165) is 27.9 Å². The van der Waals surface area contributed by atoms with E-state index in [9.17, 15) is 29.1 Å². The first-order valence-corrected chi connectivity index (χ1v) is 10.5. The lowest BCUT2D eigenvalue weighted by molar-refractivity contribution is -0.344. The number of esters is 3. The Kier molecular flexibility index (Phi) is 9.54. The predicted octanol–water partition coefficient (Wildman–Crippen LogP) is -0.119. The molecule has 5 atom stereocenters. The molecule has 0 saturated carbocycles. The molecule has 2 rings (SSSR count). The van der Waals surface area contributed by atoms with E-state index in [1.807, 2.05) is 5.32 Å². The van der Waals surface area contributed by atoms with E-state index >= 15 is 0 Å². The van der Waals surface area contributed by atoms with Gasteiger partial charge in [-0.25, -0.2) is 0 Å². The first kappa shape index (κ1) is 28.0. The number of amides is 2. The quantitative estimate of drug-likeness (QED) is 0.190. The number of anilines is 1. The van der Waals surface area contributed by atoms with E-state index in [1.54, 1.807) is 0 Å². The Balaban J connectivity index is 2.37. The summed E-state index contributed by atoms with van der Waals surface area (Å²) in [5, 5.41) is 16.1. The van der Waals surface area contributed by atoms with Crippen molar-refractivity contribution in [2.45, 2.75) is 51.1 Å². The molecule has 1 aromatic rings. The van der Waals surface area contributed by atoms with Gasteiger partial charge in [-0.15, -0.1) is 0 Å². The average molecular weight is 517 g/mol. The number of carbonyl (C=O) groups excluding carboxylic acids is 5. The molecular weight excluding hydrogens is 492 g/mol. The van der Waals surface area contributed by atoms with Crippen LogP contribution in [-0.2, 0) is 47.7 Å². The van der Waals surface area contributed by atoms with Gasteiger partial charge in [0.2, 0.25) is 12.0 Å². The Hall–Kier alpha value is -3.26. The summed E-state index contributed by atoms with van der Waals surface area (Å²) in [7, 11) is 1.09. The fourth-order valence-electron chi connectivity index (χ4n) is 3.24. The van der Waals surface area contributed by atoms with Crippen LogP contribution in [0, 0.1) is 0 Å². The van der Waals surface area contributed by atoms with Crippen molar-refractivity contribution in [2.24, 2.45) is 0 Å². The van der Waals surface area contributed by atoms with Crippen LogP contribution in [0.1, 0.15) is 20.8 Å². The highest BCUT2D eigenvalue weighted by Gasteiger charge is 2.61. The lowest BCUT2D eigenvalue weighted by Gasteiger charge is -2.49. The van der Waals surface area contributed by atoms with Gasteiger partial charge in [-0.3, -0.25) is 24.0 Å². The molecule has 1 aliphatic rings. The van der Waals surface area contributed by atoms with Crippen LogP contribution in [0.3, 0.4) is 0 Å².